The number of nitrogens with zero attached hydrogens (tertiary/aromatic N) is 2. The molecule has 8 heteroatoms. The smallest absolute Gasteiger partial charge is 0.256 e. The second kappa shape index (κ2) is 11.4. The summed E-state index contributed by atoms with van der Waals surface area (Å²) in [5.74, 6) is 2.74. The fraction of sp³-hybridized carbons (Fsp3) is 0.348. The number of thioether (sulfide) groups is 1. The van der Waals surface area contributed by atoms with Gasteiger partial charge in [0.15, 0.2) is 17.3 Å². The molecule has 1 amide bonds. The molecule has 0 radical (unpaired) electrons. The SMILES string of the molecule is CCCOc1ccc(NC(=O)c2ccccc2SCc2noc(C)n2)cc1OCCC. The van der Waals surface area contributed by atoms with E-state index in [0.717, 1.165) is 17.7 Å². The van der Waals surface area contributed by atoms with Crippen molar-refractivity contribution in [3.05, 3.63) is 59.7 Å². The standard InChI is InChI=1S/C23H27N3O4S/c1-4-12-28-19-11-10-17(14-20(19)29-13-5-2)25-23(27)18-8-6-7-9-21(18)31-15-22-24-16(3)30-26-22/h6-11,14H,4-5,12-13,15H2,1-3H3,(H,25,27). The molecule has 0 aliphatic heterocycles. The van der Waals surface area contributed by atoms with Gasteiger partial charge in [-0.2, -0.15) is 4.98 Å². The first-order chi connectivity index (χ1) is 15.1. The number of amides is 1. The van der Waals surface area contributed by atoms with Crippen LogP contribution in [0.1, 0.15) is 48.8 Å². The maximum Gasteiger partial charge on any atom is 0.256 e. The van der Waals surface area contributed by atoms with Crippen molar-refractivity contribution in [2.24, 2.45) is 0 Å². The van der Waals surface area contributed by atoms with Gasteiger partial charge in [0.1, 0.15) is 0 Å². The Kier molecular flexibility index (Phi) is 8.35. The summed E-state index contributed by atoms with van der Waals surface area (Å²) >= 11 is 1.49. The number of nitrogens with one attached hydrogen (secondary N) is 1. The number of hydrogen-bond donors (Lipinski definition) is 1. The number of carbonyl (C=O) groups excluding carboxylic acids is 1. The lowest BCUT2D eigenvalue weighted by atomic mass is 10.2. The van der Waals surface area contributed by atoms with Gasteiger partial charge in [0.05, 0.1) is 24.5 Å². The first kappa shape index (κ1) is 22.7. The van der Waals surface area contributed by atoms with Crippen LogP contribution in [0.25, 0.3) is 0 Å². The molecule has 0 aliphatic carbocycles. The van der Waals surface area contributed by atoms with Gasteiger partial charge in [0, 0.05) is 23.6 Å². The van der Waals surface area contributed by atoms with E-state index in [2.05, 4.69) is 22.4 Å². The molecule has 0 bridgehead atoms. The molecule has 1 heterocycles. The van der Waals surface area contributed by atoms with Gasteiger partial charge in [-0.1, -0.05) is 31.1 Å². The molecule has 0 fully saturated rings. The van der Waals surface area contributed by atoms with Crippen LogP contribution in [-0.2, 0) is 5.75 Å². The lowest BCUT2D eigenvalue weighted by Crippen LogP contribution is -2.13. The van der Waals surface area contributed by atoms with Crippen LogP contribution in [0.15, 0.2) is 51.9 Å². The van der Waals surface area contributed by atoms with Crippen molar-refractivity contribution in [1.82, 2.24) is 10.1 Å². The maximum absolute atomic E-state index is 13.0. The molecule has 1 N–H and O–H groups in total. The van der Waals surface area contributed by atoms with Crippen molar-refractivity contribution >= 4 is 23.4 Å². The lowest BCUT2D eigenvalue weighted by molar-refractivity contribution is 0.102. The Bertz CT molecular complexity index is 1010. The average molecular weight is 442 g/mol. The summed E-state index contributed by atoms with van der Waals surface area (Å²) in [5.41, 5.74) is 1.23. The highest BCUT2D eigenvalue weighted by Gasteiger charge is 2.15. The van der Waals surface area contributed by atoms with E-state index in [4.69, 9.17) is 14.0 Å². The second-order valence-electron chi connectivity index (χ2n) is 6.83. The van der Waals surface area contributed by atoms with Crippen LogP contribution in [0.5, 0.6) is 11.5 Å². The minimum Gasteiger partial charge on any atom is -0.490 e. The third-order valence-electron chi connectivity index (χ3n) is 4.18. The van der Waals surface area contributed by atoms with E-state index in [1.807, 2.05) is 37.3 Å². The molecule has 2 aromatic carbocycles. The predicted molar refractivity (Wildman–Crippen MR) is 121 cm³/mol. The van der Waals surface area contributed by atoms with Crippen LogP contribution < -0.4 is 14.8 Å². The fourth-order valence-corrected chi connectivity index (χ4v) is 3.66. The Morgan fingerprint density at radius 3 is 2.52 bits per heavy atom. The molecule has 164 valence electrons. The van der Waals surface area contributed by atoms with Gasteiger partial charge in [0.25, 0.3) is 5.91 Å². The van der Waals surface area contributed by atoms with Crippen molar-refractivity contribution in [2.75, 3.05) is 18.5 Å². The number of aromatic nitrogens is 2. The van der Waals surface area contributed by atoms with Crippen LogP contribution in [0, 0.1) is 6.92 Å². The third kappa shape index (κ3) is 6.49. The summed E-state index contributed by atoms with van der Waals surface area (Å²) in [7, 11) is 0. The van der Waals surface area contributed by atoms with Crippen LogP contribution >= 0.6 is 11.8 Å². The molecule has 3 aromatic rings. The highest BCUT2D eigenvalue weighted by atomic mass is 32.2. The Morgan fingerprint density at radius 2 is 1.81 bits per heavy atom. The van der Waals surface area contributed by atoms with E-state index in [9.17, 15) is 4.79 Å². The number of carbonyl (C=O) groups is 1. The van der Waals surface area contributed by atoms with E-state index in [1.165, 1.54) is 11.8 Å². The Labute approximate surface area is 186 Å². The van der Waals surface area contributed by atoms with Crippen LogP contribution in [0.2, 0.25) is 0 Å². The molecule has 0 unspecified atom stereocenters. The van der Waals surface area contributed by atoms with Gasteiger partial charge in [0.2, 0.25) is 5.89 Å². The summed E-state index contributed by atoms with van der Waals surface area (Å²) in [6, 6.07) is 12.9. The van der Waals surface area contributed by atoms with E-state index in [1.54, 1.807) is 19.1 Å². The van der Waals surface area contributed by atoms with E-state index < -0.39 is 0 Å². The Morgan fingerprint density at radius 1 is 1.06 bits per heavy atom. The molecular formula is C23H27N3O4S. The van der Waals surface area contributed by atoms with E-state index >= 15 is 0 Å². The molecule has 1 aromatic heterocycles. The summed E-state index contributed by atoms with van der Waals surface area (Å²) < 4.78 is 16.6. The van der Waals surface area contributed by atoms with Gasteiger partial charge >= 0.3 is 0 Å². The van der Waals surface area contributed by atoms with Gasteiger partial charge in [-0.05, 0) is 37.1 Å². The first-order valence-corrected chi connectivity index (χ1v) is 11.3. The molecule has 0 atom stereocenters. The number of benzene rings is 2. The topological polar surface area (TPSA) is 86.5 Å². The minimum absolute atomic E-state index is 0.198. The number of hydrogen-bond acceptors (Lipinski definition) is 7. The fourth-order valence-electron chi connectivity index (χ4n) is 2.76. The summed E-state index contributed by atoms with van der Waals surface area (Å²) in [4.78, 5) is 18.0. The zero-order chi connectivity index (χ0) is 22.1. The zero-order valence-electron chi connectivity index (χ0n) is 18.0. The summed E-state index contributed by atoms with van der Waals surface area (Å²) in [6.45, 7) is 7.03. The lowest BCUT2D eigenvalue weighted by Gasteiger charge is -2.14. The van der Waals surface area contributed by atoms with E-state index in [-0.39, 0.29) is 5.91 Å². The van der Waals surface area contributed by atoms with Gasteiger partial charge in [-0.25, -0.2) is 0 Å². The van der Waals surface area contributed by atoms with Crippen molar-refractivity contribution in [2.45, 2.75) is 44.3 Å². The molecule has 0 saturated heterocycles. The first-order valence-electron chi connectivity index (χ1n) is 10.3. The Balaban J connectivity index is 1.73. The van der Waals surface area contributed by atoms with Crippen molar-refractivity contribution in [3.8, 4) is 11.5 Å². The quantitative estimate of drug-likeness (QED) is 0.393. The number of ether oxygens (including phenoxy) is 2. The molecule has 0 aliphatic rings. The van der Waals surface area contributed by atoms with Gasteiger partial charge in [-0.3, -0.25) is 4.79 Å². The molecule has 3 rings (SSSR count). The predicted octanol–water partition coefficient (Wildman–Crippen LogP) is 5.50. The third-order valence-corrected chi connectivity index (χ3v) is 5.25. The maximum atomic E-state index is 13.0. The average Bonchev–Trinajstić information content (AvgIpc) is 3.20. The highest BCUT2D eigenvalue weighted by molar-refractivity contribution is 7.98. The highest BCUT2D eigenvalue weighted by Crippen LogP contribution is 2.32. The number of rotatable bonds is 11. The summed E-state index contributed by atoms with van der Waals surface area (Å²) in [5, 5.41) is 6.87. The summed E-state index contributed by atoms with van der Waals surface area (Å²) in [6.07, 6.45) is 1.79. The van der Waals surface area contributed by atoms with Crippen molar-refractivity contribution in [3.63, 3.8) is 0 Å². The molecule has 7 nitrogen and oxygen atoms in total. The minimum atomic E-state index is -0.198. The monoisotopic (exact) mass is 441 g/mol. The van der Waals surface area contributed by atoms with Gasteiger partial charge < -0.3 is 19.3 Å². The largest absolute Gasteiger partial charge is 0.490 e. The van der Waals surface area contributed by atoms with Crippen LogP contribution in [0.4, 0.5) is 5.69 Å². The number of aryl methyl sites for hydroxylation is 1. The molecule has 31 heavy (non-hydrogen) atoms. The second-order valence-corrected chi connectivity index (χ2v) is 7.84. The zero-order valence-corrected chi connectivity index (χ0v) is 18.8. The molecular weight excluding hydrogens is 414 g/mol. The Hall–Kier alpha value is -3.00. The van der Waals surface area contributed by atoms with Crippen molar-refractivity contribution in [1.29, 1.82) is 0 Å². The normalized spacial score (nSPS) is 10.7. The van der Waals surface area contributed by atoms with Gasteiger partial charge in [-0.15, -0.1) is 11.8 Å². The molecule has 0 spiro atoms. The number of anilines is 1. The van der Waals surface area contributed by atoms with E-state index in [0.29, 0.717) is 53.4 Å². The molecule has 0 saturated carbocycles. The van der Waals surface area contributed by atoms with Crippen LogP contribution in [0.3, 0.4) is 0 Å². The van der Waals surface area contributed by atoms with Crippen molar-refractivity contribution < 1.29 is 18.8 Å². The van der Waals surface area contributed by atoms with Crippen LogP contribution in [-0.4, -0.2) is 29.3 Å².